The molecule has 0 saturated carbocycles. The van der Waals surface area contributed by atoms with E-state index in [1.807, 2.05) is 19.1 Å². The SMILES string of the molecule is CCCNCc1cc(Br)cc(C)c1OCC(F)F. The van der Waals surface area contributed by atoms with Crippen LogP contribution in [0.5, 0.6) is 5.75 Å². The molecule has 0 aliphatic heterocycles. The first-order valence-corrected chi connectivity index (χ1v) is 6.74. The third kappa shape index (κ3) is 4.90. The fourth-order valence-electron chi connectivity index (χ4n) is 1.68. The number of benzene rings is 1. The normalized spacial score (nSPS) is 11.0. The van der Waals surface area contributed by atoms with Crippen LogP contribution in [0.4, 0.5) is 8.78 Å². The Morgan fingerprint density at radius 1 is 1.39 bits per heavy atom. The number of halogens is 3. The second kappa shape index (κ2) is 7.69. The smallest absolute Gasteiger partial charge is 0.272 e. The number of aryl methyl sites for hydroxylation is 1. The van der Waals surface area contributed by atoms with Gasteiger partial charge in [0.05, 0.1) is 0 Å². The van der Waals surface area contributed by atoms with Crippen molar-refractivity contribution in [2.24, 2.45) is 0 Å². The number of rotatable bonds is 7. The van der Waals surface area contributed by atoms with Crippen LogP contribution in [0.15, 0.2) is 16.6 Å². The maximum atomic E-state index is 12.2. The third-order valence-corrected chi connectivity index (χ3v) is 2.87. The number of ether oxygens (including phenoxy) is 1. The molecule has 0 unspecified atom stereocenters. The molecule has 1 aromatic carbocycles. The Labute approximate surface area is 115 Å². The van der Waals surface area contributed by atoms with E-state index in [4.69, 9.17) is 4.74 Å². The van der Waals surface area contributed by atoms with Crippen LogP contribution in [0.1, 0.15) is 24.5 Å². The first-order chi connectivity index (χ1) is 8.54. The highest BCUT2D eigenvalue weighted by Crippen LogP contribution is 2.28. The average Bonchev–Trinajstić information content (AvgIpc) is 2.27. The second-order valence-corrected chi connectivity index (χ2v) is 5.01. The summed E-state index contributed by atoms with van der Waals surface area (Å²) in [6.07, 6.45) is -1.43. The molecule has 0 aliphatic carbocycles. The first kappa shape index (κ1) is 15.4. The Balaban J connectivity index is 2.83. The quantitative estimate of drug-likeness (QED) is 0.769. The Bertz CT molecular complexity index is 385. The summed E-state index contributed by atoms with van der Waals surface area (Å²) in [5.41, 5.74) is 1.76. The minimum Gasteiger partial charge on any atom is -0.487 e. The van der Waals surface area contributed by atoms with Crippen molar-refractivity contribution >= 4 is 15.9 Å². The molecule has 0 fully saturated rings. The largest absolute Gasteiger partial charge is 0.487 e. The van der Waals surface area contributed by atoms with Crippen LogP contribution < -0.4 is 10.1 Å². The summed E-state index contributed by atoms with van der Waals surface area (Å²) in [4.78, 5) is 0. The minimum atomic E-state index is -2.45. The van der Waals surface area contributed by atoms with Crippen LogP contribution in [0.3, 0.4) is 0 Å². The lowest BCUT2D eigenvalue weighted by Gasteiger charge is -2.15. The molecule has 102 valence electrons. The van der Waals surface area contributed by atoms with Gasteiger partial charge in [0, 0.05) is 16.6 Å². The van der Waals surface area contributed by atoms with Gasteiger partial charge >= 0.3 is 0 Å². The van der Waals surface area contributed by atoms with E-state index in [9.17, 15) is 8.78 Å². The summed E-state index contributed by atoms with van der Waals surface area (Å²) in [6, 6.07) is 3.76. The molecule has 0 atom stereocenters. The first-order valence-electron chi connectivity index (χ1n) is 5.95. The van der Waals surface area contributed by atoms with E-state index in [2.05, 4.69) is 28.2 Å². The van der Waals surface area contributed by atoms with E-state index in [1.54, 1.807) is 0 Å². The van der Waals surface area contributed by atoms with Gasteiger partial charge in [0.15, 0.2) is 0 Å². The topological polar surface area (TPSA) is 21.3 Å². The van der Waals surface area contributed by atoms with Gasteiger partial charge in [-0.3, -0.25) is 0 Å². The minimum absolute atomic E-state index is 0.558. The zero-order valence-corrected chi connectivity index (χ0v) is 12.2. The molecular formula is C13H18BrF2NO. The van der Waals surface area contributed by atoms with Crippen LogP contribution in [0.25, 0.3) is 0 Å². The monoisotopic (exact) mass is 321 g/mol. The van der Waals surface area contributed by atoms with Gasteiger partial charge in [0.1, 0.15) is 12.4 Å². The molecule has 1 N–H and O–H groups in total. The van der Waals surface area contributed by atoms with Gasteiger partial charge in [-0.25, -0.2) is 8.78 Å². The van der Waals surface area contributed by atoms with E-state index in [-0.39, 0.29) is 0 Å². The van der Waals surface area contributed by atoms with Gasteiger partial charge in [-0.05, 0) is 37.6 Å². The molecule has 0 heterocycles. The van der Waals surface area contributed by atoms with Gasteiger partial charge in [0.25, 0.3) is 6.43 Å². The number of hydrogen-bond acceptors (Lipinski definition) is 2. The summed E-state index contributed by atoms with van der Waals surface area (Å²) in [6.45, 7) is 4.87. The fourth-order valence-corrected chi connectivity index (χ4v) is 2.30. The standard InChI is InChI=1S/C13H18BrF2NO/c1-3-4-17-7-10-6-11(14)5-9(2)13(10)18-8-12(15)16/h5-6,12,17H,3-4,7-8H2,1-2H3. The third-order valence-electron chi connectivity index (χ3n) is 2.41. The number of hydrogen-bond donors (Lipinski definition) is 1. The highest BCUT2D eigenvalue weighted by Gasteiger charge is 2.11. The second-order valence-electron chi connectivity index (χ2n) is 4.09. The summed E-state index contributed by atoms with van der Waals surface area (Å²) in [7, 11) is 0. The summed E-state index contributed by atoms with van der Waals surface area (Å²) >= 11 is 3.40. The maximum Gasteiger partial charge on any atom is 0.272 e. The molecule has 0 aliphatic rings. The van der Waals surface area contributed by atoms with Gasteiger partial charge < -0.3 is 10.1 Å². The van der Waals surface area contributed by atoms with Gasteiger partial charge in [-0.2, -0.15) is 0 Å². The molecule has 18 heavy (non-hydrogen) atoms. The Morgan fingerprint density at radius 2 is 2.11 bits per heavy atom. The van der Waals surface area contributed by atoms with Crippen LogP contribution in [-0.4, -0.2) is 19.6 Å². The molecule has 5 heteroatoms. The molecule has 0 spiro atoms. The summed E-state index contributed by atoms with van der Waals surface area (Å²) in [5.74, 6) is 0.558. The average molecular weight is 322 g/mol. The molecule has 0 aromatic heterocycles. The van der Waals surface area contributed by atoms with Crippen molar-refractivity contribution in [3.05, 3.63) is 27.7 Å². The molecule has 2 nitrogen and oxygen atoms in total. The van der Waals surface area contributed by atoms with E-state index in [0.717, 1.165) is 28.6 Å². The van der Waals surface area contributed by atoms with Crippen LogP contribution in [0.2, 0.25) is 0 Å². The van der Waals surface area contributed by atoms with Crippen molar-refractivity contribution in [2.45, 2.75) is 33.2 Å². The van der Waals surface area contributed by atoms with Crippen molar-refractivity contribution in [2.75, 3.05) is 13.2 Å². The molecular weight excluding hydrogens is 304 g/mol. The van der Waals surface area contributed by atoms with Crippen LogP contribution in [-0.2, 0) is 6.54 Å². The molecule has 0 saturated heterocycles. The van der Waals surface area contributed by atoms with Gasteiger partial charge in [-0.15, -0.1) is 0 Å². The van der Waals surface area contributed by atoms with Crippen LogP contribution >= 0.6 is 15.9 Å². The van der Waals surface area contributed by atoms with Crippen molar-refractivity contribution in [3.63, 3.8) is 0 Å². The predicted octanol–water partition coefficient (Wildman–Crippen LogP) is 3.90. The maximum absolute atomic E-state index is 12.2. The lowest BCUT2D eigenvalue weighted by atomic mass is 10.1. The summed E-state index contributed by atoms with van der Waals surface area (Å²) in [5, 5.41) is 3.25. The Kier molecular flexibility index (Phi) is 6.57. The van der Waals surface area contributed by atoms with Crippen molar-refractivity contribution in [1.29, 1.82) is 0 Å². The lowest BCUT2D eigenvalue weighted by Crippen LogP contribution is -2.16. The number of alkyl halides is 2. The highest BCUT2D eigenvalue weighted by atomic mass is 79.9. The molecule has 0 bridgehead atoms. The highest BCUT2D eigenvalue weighted by molar-refractivity contribution is 9.10. The van der Waals surface area contributed by atoms with E-state index < -0.39 is 13.0 Å². The molecule has 1 rings (SSSR count). The fraction of sp³-hybridized carbons (Fsp3) is 0.538. The van der Waals surface area contributed by atoms with Crippen molar-refractivity contribution in [1.82, 2.24) is 5.32 Å². The van der Waals surface area contributed by atoms with Gasteiger partial charge in [0.2, 0.25) is 0 Å². The van der Waals surface area contributed by atoms with E-state index in [1.165, 1.54) is 0 Å². The Hall–Kier alpha value is -0.680. The van der Waals surface area contributed by atoms with Crippen molar-refractivity contribution in [3.8, 4) is 5.75 Å². The zero-order valence-electron chi connectivity index (χ0n) is 10.6. The van der Waals surface area contributed by atoms with E-state index >= 15 is 0 Å². The van der Waals surface area contributed by atoms with E-state index in [0.29, 0.717) is 12.3 Å². The zero-order chi connectivity index (χ0) is 13.5. The number of nitrogens with one attached hydrogen (secondary N) is 1. The van der Waals surface area contributed by atoms with Crippen molar-refractivity contribution < 1.29 is 13.5 Å². The summed E-state index contributed by atoms with van der Waals surface area (Å²) < 4.78 is 30.6. The lowest BCUT2D eigenvalue weighted by molar-refractivity contribution is 0.0810. The predicted molar refractivity (Wildman–Crippen MR) is 72.4 cm³/mol. The molecule has 1 aromatic rings. The van der Waals surface area contributed by atoms with Crippen LogP contribution in [0, 0.1) is 6.92 Å². The molecule has 0 radical (unpaired) electrons. The van der Waals surface area contributed by atoms with Gasteiger partial charge in [-0.1, -0.05) is 22.9 Å². The molecule has 0 amide bonds. The Morgan fingerprint density at radius 3 is 2.72 bits per heavy atom.